The molecule has 0 aromatic heterocycles. The third-order valence-electron chi connectivity index (χ3n) is 3.40. The van der Waals surface area contributed by atoms with Gasteiger partial charge in [0.2, 0.25) is 5.91 Å². The Balaban J connectivity index is 2.62. The Kier molecular flexibility index (Phi) is 4.79. The first-order chi connectivity index (χ1) is 7.56. The van der Waals surface area contributed by atoms with Crippen molar-refractivity contribution in [1.29, 1.82) is 5.26 Å². The Morgan fingerprint density at radius 1 is 1.38 bits per heavy atom. The minimum absolute atomic E-state index is 0.0339. The Morgan fingerprint density at radius 3 is 2.62 bits per heavy atom. The second-order valence-corrected chi connectivity index (χ2v) is 5.21. The Labute approximate surface area is 98.4 Å². The van der Waals surface area contributed by atoms with Crippen LogP contribution in [0.2, 0.25) is 0 Å². The molecule has 90 valence electrons. The third kappa shape index (κ3) is 3.23. The zero-order chi connectivity index (χ0) is 12.1. The molecule has 3 nitrogen and oxygen atoms in total. The van der Waals surface area contributed by atoms with Crippen LogP contribution in [0.25, 0.3) is 0 Å². The molecule has 1 saturated heterocycles. The van der Waals surface area contributed by atoms with E-state index >= 15 is 0 Å². The number of rotatable bonds is 2. The summed E-state index contributed by atoms with van der Waals surface area (Å²) in [7, 11) is 0. The number of carbonyl (C=O) groups excluding carboxylic acids is 1. The summed E-state index contributed by atoms with van der Waals surface area (Å²) in [4.78, 5) is 14.0. The molecule has 0 aromatic rings. The predicted octanol–water partition coefficient (Wildman–Crippen LogP) is 2.43. The van der Waals surface area contributed by atoms with Crippen LogP contribution in [0.5, 0.6) is 0 Å². The molecule has 1 heterocycles. The minimum atomic E-state index is -0.464. The average Bonchev–Trinajstić information content (AvgIpc) is 2.43. The van der Waals surface area contributed by atoms with Gasteiger partial charge in [0.1, 0.15) is 5.92 Å². The van der Waals surface area contributed by atoms with Crippen LogP contribution in [-0.4, -0.2) is 23.9 Å². The monoisotopic (exact) mass is 222 g/mol. The van der Waals surface area contributed by atoms with E-state index in [9.17, 15) is 4.79 Å². The van der Waals surface area contributed by atoms with E-state index in [-0.39, 0.29) is 11.8 Å². The molecule has 1 rings (SSSR count). The van der Waals surface area contributed by atoms with Gasteiger partial charge in [-0.2, -0.15) is 5.26 Å². The minimum Gasteiger partial charge on any atom is -0.342 e. The van der Waals surface area contributed by atoms with E-state index in [1.807, 2.05) is 18.7 Å². The lowest BCUT2D eigenvalue weighted by Crippen LogP contribution is -2.38. The summed E-state index contributed by atoms with van der Waals surface area (Å²) >= 11 is 0. The van der Waals surface area contributed by atoms with Crippen molar-refractivity contribution in [3.8, 4) is 6.07 Å². The van der Waals surface area contributed by atoms with Crippen LogP contribution in [0.4, 0.5) is 0 Å². The first kappa shape index (κ1) is 13.0. The molecule has 2 atom stereocenters. The van der Waals surface area contributed by atoms with Crippen LogP contribution in [0, 0.1) is 29.1 Å². The topological polar surface area (TPSA) is 44.1 Å². The fourth-order valence-corrected chi connectivity index (χ4v) is 2.17. The van der Waals surface area contributed by atoms with Gasteiger partial charge in [-0.05, 0) is 31.1 Å². The normalized spacial score (nSPS) is 23.7. The Hall–Kier alpha value is -1.04. The quantitative estimate of drug-likeness (QED) is 0.720. The lowest BCUT2D eigenvalue weighted by molar-refractivity contribution is -0.134. The fraction of sp³-hybridized carbons (Fsp3) is 0.846. The highest BCUT2D eigenvalue weighted by atomic mass is 16.2. The first-order valence-corrected chi connectivity index (χ1v) is 6.24. The van der Waals surface area contributed by atoms with E-state index in [0.717, 1.165) is 25.9 Å². The molecule has 0 saturated carbocycles. The molecular formula is C13H22N2O. The number of nitriles is 1. The summed E-state index contributed by atoms with van der Waals surface area (Å²) in [5, 5.41) is 9.02. The van der Waals surface area contributed by atoms with E-state index in [1.165, 1.54) is 6.42 Å². The summed E-state index contributed by atoms with van der Waals surface area (Å²) in [6.07, 6.45) is 3.34. The molecule has 0 N–H and O–H groups in total. The number of nitrogens with zero attached hydrogens (tertiary/aromatic N) is 2. The predicted molar refractivity (Wildman–Crippen MR) is 63.5 cm³/mol. The fourth-order valence-electron chi connectivity index (χ4n) is 2.17. The highest BCUT2D eigenvalue weighted by molar-refractivity contribution is 5.81. The molecular weight excluding hydrogens is 200 g/mol. The zero-order valence-electron chi connectivity index (χ0n) is 10.6. The second-order valence-electron chi connectivity index (χ2n) is 5.21. The maximum atomic E-state index is 12.1. The molecule has 1 amide bonds. The highest BCUT2D eigenvalue weighted by Crippen LogP contribution is 2.20. The molecule has 1 fully saturated rings. The molecule has 0 bridgehead atoms. The van der Waals surface area contributed by atoms with E-state index in [1.54, 1.807) is 0 Å². The first-order valence-electron chi connectivity index (χ1n) is 6.24. The van der Waals surface area contributed by atoms with Gasteiger partial charge in [0, 0.05) is 13.1 Å². The van der Waals surface area contributed by atoms with Gasteiger partial charge in [0.15, 0.2) is 0 Å². The van der Waals surface area contributed by atoms with Crippen molar-refractivity contribution in [3.05, 3.63) is 0 Å². The largest absolute Gasteiger partial charge is 0.342 e. The maximum absolute atomic E-state index is 12.1. The van der Waals surface area contributed by atoms with Crippen molar-refractivity contribution >= 4 is 5.91 Å². The Bertz CT molecular complexity index is 280. The van der Waals surface area contributed by atoms with E-state index in [2.05, 4.69) is 13.0 Å². The molecule has 2 unspecified atom stereocenters. The highest BCUT2D eigenvalue weighted by Gasteiger charge is 2.27. The number of amides is 1. The number of hydrogen-bond donors (Lipinski definition) is 0. The number of likely N-dealkylation sites (tertiary alicyclic amines) is 1. The standard InChI is InChI=1S/C13H22N2O/c1-10(2)12(9-14)13(16)15-7-4-5-11(3)6-8-15/h10-12H,4-8H2,1-3H3. The molecule has 0 aromatic carbocycles. The van der Waals surface area contributed by atoms with Crippen LogP contribution in [-0.2, 0) is 4.79 Å². The van der Waals surface area contributed by atoms with E-state index in [0.29, 0.717) is 5.92 Å². The molecule has 0 spiro atoms. The molecule has 1 aliphatic heterocycles. The van der Waals surface area contributed by atoms with Crippen molar-refractivity contribution < 1.29 is 4.79 Å². The average molecular weight is 222 g/mol. The molecule has 16 heavy (non-hydrogen) atoms. The SMILES string of the molecule is CC1CCCN(C(=O)C(C#N)C(C)C)CC1. The third-order valence-corrected chi connectivity index (χ3v) is 3.40. The lowest BCUT2D eigenvalue weighted by Gasteiger charge is -2.24. The van der Waals surface area contributed by atoms with Crippen molar-refractivity contribution in [2.45, 2.75) is 40.0 Å². The second kappa shape index (κ2) is 5.89. The summed E-state index contributed by atoms with van der Waals surface area (Å²) < 4.78 is 0. The zero-order valence-corrected chi connectivity index (χ0v) is 10.6. The van der Waals surface area contributed by atoms with E-state index < -0.39 is 5.92 Å². The summed E-state index contributed by atoms with van der Waals surface area (Å²) in [5.74, 6) is 0.385. The van der Waals surface area contributed by atoms with Gasteiger partial charge in [-0.25, -0.2) is 0 Å². The Morgan fingerprint density at radius 2 is 2.06 bits per heavy atom. The van der Waals surface area contributed by atoms with Gasteiger partial charge >= 0.3 is 0 Å². The van der Waals surface area contributed by atoms with Crippen LogP contribution in [0.1, 0.15) is 40.0 Å². The number of carbonyl (C=O) groups is 1. The molecule has 1 aliphatic rings. The summed E-state index contributed by atoms with van der Waals surface area (Å²) in [6, 6.07) is 2.14. The molecule has 0 radical (unpaired) electrons. The van der Waals surface area contributed by atoms with Crippen LogP contribution < -0.4 is 0 Å². The van der Waals surface area contributed by atoms with Crippen molar-refractivity contribution in [1.82, 2.24) is 4.90 Å². The summed E-state index contributed by atoms with van der Waals surface area (Å²) in [6.45, 7) is 7.76. The maximum Gasteiger partial charge on any atom is 0.240 e. The van der Waals surface area contributed by atoms with Crippen molar-refractivity contribution in [2.24, 2.45) is 17.8 Å². The van der Waals surface area contributed by atoms with Gasteiger partial charge in [0.05, 0.1) is 6.07 Å². The van der Waals surface area contributed by atoms with Gasteiger partial charge in [-0.1, -0.05) is 20.8 Å². The van der Waals surface area contributed by atoms with Gasteiger partial charge in [0.25, 0.3) is 0 Å². The lowest BCUT2D eigenvalue weighted by atomic mass is 9.96. The van der Waals surface area contributed by atoms with Crippen molar-refractivity contribution in [3.63, 3.8) is 0 Å². The van der Waals surface area contributed by atoms with Gasteiger partial charge < -0.3 is 4.90 Å². The molecule has 0 aliphatic carbocycles. The van der Waals surface area contributed by atoms with Crippen LogP contribution in [0.3, 0.4) is 0 Å². The van der Waals surface area contributed by atoms with Gasteiger partial charge in [-0.15, -0.1) is 0 Å². The van der Waals surface area contributed by atoms with Crippen molar-refractivity contribution in [2.75, 3.05) is 13.1 Å². The van der Waals surface area contributed by atoms with Crippen LogP contribution >= 0.6 is 0 Å². The number of hydrogen-bond acceptors (Lipinski definition) is 2. The molecule has 3 heteroatoms. The summed E-state index contributed by atoms with van der Waals surface area (Å²) in [5.41, 5.74) is 0. The smallest absolute Gasteiger partial charge is 0.240 e. The van der Waals surface area contributed by atoms with E-state index in [4.69, 9.17) is 5.26 Å². The van der Waals surface area contributed by atoms with Gasteiger partial charge in [-0.3, -0.25) is 4.79 Å². The van der Waals surface area contributed by atoms with Crippen LogP contribution in [0.15, 0.2) is 0 Å².